The Morgan fingerprint density at radius 2 is 1.86 bits per heavy atom. The molecule has 4 heterocycles. The Labute approximate surface area is 158 Å². The van der Waals surface area contributed by atoms with Crippen LogP contribution in [-0.2, 0) is 6.18 Å². The summed E-state index contributed by atoms with van der Waals surface area (Å²) < 4.78 is 39.9. The summed E-state index contributed by atoms with van der Waals surface area (Å²) in [7, 11) is 1.85. The maximum absolute atomic E-state index is 12.7. The van der Waals surface area contributed by atoms with Crippen LogP contribution in [0.25, 0.3) is 5.65 Å². The summed E-state index contributed by atoms with van der Waals surface area (Å²) in [5.74, 6) is 2.74. The van der Waals surface area contributed by atoms with Crippen molar-refractivity contribution < 1.29 is 13.2 Å². The van der Waals surface area contributed by atoms with Crippen LogP contribution < -0.4 is 9.80 Å². The first kappa shape index (κ1) is 17.2. The van der Waals surface area contributed by atoms with Crippen molar-refractivity contribution in [3.8, 4) is 0 Å². The third-order valence-corrected chi connectivity index (χ3v) is 5.39. The molecule has 0 bridgehead atoms. The van der Waals surface area contributed by atoms with E-state index in [0.29, 0.717) is 11.7 Å². The van der Waals surface area contributed by atoms with Crippen LogP contribution in [0.4, 0.5) is 24.8 Å². The molecule has 0 N–H and O–H groups in total. The molecule has 1 aliphatic heterocycles. The molecule has 146 valence electrons. The lowest BCUT2D eigenvalue weighted by molar-refractivity contribution is -0.137. The van der Waals surface area contributed by atoms with E-state index in [4.69, 9.17) is 0 Å². The minimum atomic E-state index is -4.37. The van der Waals surface area contributed by atoms with E-state index < -0.39 is 11.7 Å². The van der Waals surface area contributed by atoms with E-state index in [1.54, 1.807) is 0 Å². The number of hydrogen-bond acceptors (Lipinski definition) is 6. The van der Waals surface area contributed by atoms with Crippen molar-refractivity contribution in [3.05, 3.63) is 41.9 Å². The largest absolute Gasteiger partial charge is 0.417 e. The van der Waals surface area contributed by atoms with Gasteiger partial charge in [-0.3, -0.25) is 0 Å². The highest BCUT2D eigenvalue weighted by atomic mass is 19.4. The van der Waals surface area contributed by atoms with Gasteiger partial charge >= 0.3 is 6.18 Å². The minimum Gasteiger partial charge on any atom is -0.353 e. The van der Waals surface area contributed by atoms with Crippen molar-refractivity contribution in [2.24, 2.45) is 0 Å². The van der Waals surface area contributed by atoms with Gasteiger partial charge in [-0.15, -0.1) is 15.3 Å². The normalized spacial score (nSPS) is 17.8. The average molecular weight is 389 g/mol. The molecule has 3 aromatic heterocycles. The Balaban J connectivity index is 1.28. The van der Waals surface area contributed by atoms with E-state index in [1.807, 2.05) is 28.6 Å². The van der Waals surface area contributed by atoms with E-state index in [-0.39, 0.29) is 6.04 Å². The number of alkyl halides is 3. The minimum absolute atomic E-state index is 0.158. The third kappa shape index (κ3) is 2.92. The Bertz CT molecular complexity index is 1000. The number of halogens is 3. The fourth-order valence-corrected chi connectivity index (χ4v) is 3.40. The monoisotopic (exact) mass is 389 g/mol. The lowest BCUT2D eigenvalue weighted by Crippen LogP contribution is -2.59. The second kappa shape index (κ2) is 6.05. The average Bonchev–Trinajstić information content (AvgIpc) is 3.39. The molecular formula is C18H18F3N7. The summed E-state index contributed by atoms with van der Waals surface area (Å²) in [6, 6.07) is 6.47. The van der Waals surface area contributed by atoms with E-state index in [0.717, 1.165) is 55.5 Å². The standard InChI is InChI=1S/C18H18F3N7/c1-26(14-5-4-12(8-22-14)18(19,20)21)13-9-27(10-13)16-7-6-15-23-24-17(11-2-3-11)28(15)25-16/h4-8,11,13H,2-3,9-10H2,1H3. The Hall–Kier alpha value is -2.91. The van der Waals surface area contributed by atoms with Gasteiger partial charge in [-0.05, 0) is 37.1 Å². The zero-order valence-electron chi connectivity index (χ0n) is 15.1. The predicted molar refractivity (Wildman–Crippen MR) is 96.4 cm³/mol. The summed E-state index contributed by atoms with van der Waals surface area (Å²) in [4.78, 5) is 8.00. The number of anilines is 2. The molecule has 0 aromatic carbocycles. The summed E-state index contributed by atoms with van der Waals surface area (Å²) in [6.07, 6.45) is -1.24. The first-order chi connectivity index (χ1) is 13.4. The molecule has 2 fully saturated rings. The van der Waals surface area contributed by atoms with Crippen LogP contribution in [0.5, 0.6) is 0 Å². The fourth-order valence-electron chi connectivity index (χ4n) is 3.40. The summed E-state index contributed by atoms with van der Waals surface area (Å²) in [5.41, 5.74) is 0.00610. The van der Waals surface area contributed by atoms with Crippen molar-refractivity contribution in [3.63, 3.8) is 0 Å². The first-order valence-corrected chi connectivity index (χ1v) is 9.13. The highest BCUT2D eigenvalue weighted by Crippen LogP contribution is 2.39. The fraction of sp³-hybridized carbons (Fsp3) is 0.444. The van der Waals surface area contributed by atoms with E-state index in [9.17, 15) is 13.2 Å². The quantitative estimate of drug-likeness (QED) is 0.684. The van der Waals surface area contributed by atoms with E-state index in [2.05, 4.69) is 25.2 Å². The van der Waals surface area contributed by atoms with Crippen LogP contribution >= 0.6 is 0 Å². The van der Waals surface area contributed by atoms with Gasteiger partial charge in [0.25, 0.3) is 0 Å². The van der Waals surface area contributed by atoms with Gasteiger partial charge < -0.3 is 9.80 Å². The molecule has 7 nitrogen and oxygen atoms in total. The van der Waals surface area contributed by atoms with Gasteiger partial charge in [0.05, 0.1) is 11.6 Å². The maximum Gasteiger partial charge on any atom is 0.417 e. The molecule has 1 saturated carbocycles. The van der Waals surface area contributed by atoms with Crippen molar-refractivity contribution >= 4 is 17.3 Å². The zero-order chi connectivity index (χ0) is 19.5. The lowest BCUT2D eigenvalue weighted by Gasteiger charge is -2.45. The van der Waals surface area contributed by atoms with Crippen molar-refractivity contribution in [1.29, 1.82) is 0 Å². The number of nitrogens with zero attached hydrogens (tertiary/aromatic N) is 7. The molecule has 1 aliphatic carbocycles. The second-order valence-electron chi connectivity index (χ2n) is 7.37. The van der Waals surface area contributed by atoms with Gasteiger partial charge in [-0.2, -0.15) is 17.7 Å². The van der Waals surface area contributed by atoms with Gasteiger partial charge in [0, 0.05) is 32.3 Å². The molecule has 0 radical (unpaired) electrons. The summed E-state index contributed by atoms with van der Waals surface area (Å²) >= 11 is 0. The summed E-state index contributed by atoms with van der Waals surface area (Å²) in [6.45, 7) is 1.44. The van der Waals surface area contributed by atoms with Gasteiger partial charge in [-0.1, -0.05) is 0 Å². The molecule has 1 saturated heterocycles. The molecule has 28 heavy (non-hydrogen) atoms. The van der Waals surface area contributed by atoms with Gasteiger partial charge in [0.15, 0.2) is 11.5 Å². The molecular weight excluding hydrogens is 371 g/mol. The molecule has 0 unspecified atom stereocenters. The van der Waals surface area contributed by atoms with Gasteiger partial charge in [-0.25, -0.2) is 4.98 Å². The van der Waals surface area contributed by atoms with Crippen molar-refractivity contribution in [2.75, 3.05) is 29.9 Å². The number of aromatic nitrogens is 5. The Morgan fingerprint density at radius 3 is 2.50 bits per heavy atom. The molecule has 2 aliphatic rings. The molecule has 5 rings (SSSR count). The Morgan fingerprint density at radius 1 is 1.07 bits per heavy atom. The predicted octanol–water partition coefficient (Wildman–Crippen LogP) is 2.74. The smallest absolute Gasteiger partial charge is 0.353 e. The topological polar surface area (TPSA) is 62.5 Å². The van der Waals surface area contributed by atoms with Crippen LogP contribution in [0.15, 0.2) is 30.5 Å². The Kier molecular flexibility index (Phi) is 3.72. The highest BCUT2D eigenvalue weighted by Gasteiger charge is 2.34. The van der Waals surface area contributed by atoms with Crippen LogP contribution in [0.1, 0.15) is 30.1 Å². The second-order valence-corrected chi connectivity index (χ2v) is 7.37. The zero-order valence-corrected chi connectivity index (χ0v) is 15.1. The highest BCUT2D eigenvalue weighted by molar-refractivity contribution is 5.51. The van der Waals surface area contributed by atoms with E-state index in [1.165, 1.54) is 6.07 Å². The van der Waals surface area contributed by atoms with E-state index >= 15 is 0 Å². The van der Waals surface area contributed by atoms with Crippen LogP contribution in [0.3, 0.4) is 0 Å². The summed E-state index contributed by atoms with van der Waals surface area (Å²) in [5, 5.41) is 13.1. The van der Waals surface area contributed by atoms with Gasteiger partial charge in [0.2, 0.25) is 0 Å². The molecule has 0 spiro atoms. The van der Waals surface area contributed by atoms with Crippen molar-refractivity contribution in [1.82, 2.24) is 24.8 Å². The number of rotatable bonds is 4. The van der Waals surface area contributed by atoms with Crippen molar-refractivity contribution in [2.45, 2.75) is 31.0 Å². The molecule has 0 atom stereocenters. The number of fused-ring (bicyclic) bond motifs is 1. The number of hydrogen-bond donors (Lipinski definition) is 0. The van der Waals surface area contributed by atoms with Gasteiger partial charge in [0.1, 0.15) is 11.6 Å². The SMILES string of the molecule is CN(c1ccc(C(F)(F)F)cn1)C1CN(c2ccc3nnc(C4CC4)n3n2)C1. The lowest BCUT2D eigenvalue weighted by atomic mass is 10.1. The maximum atomic E-state index is 12.7. The number of likely N-dealkylation sites (N-methyl/N-ethyl adjacent to an activating group) is 1. The van der Waals surface area contributed by atoms with Crippen LogP contribution in [0.2, 0.25) is 0 Å². The number of pyridine rings is 1. The third-order valence-electron chi connectivity index (χ3n) is 5.39. The first-order valence-electron chi connectivity index (χ1n) is 9.13. The van der Waals surface area contributed by atoms with Crippen LogP contribution in [0, 0.1) is 0 Å². The van der Waals surface area contributed by atoms with Crippen LogP contribution in [-0.4, -0.2) is 51.0 Å². The molecule has 0 amide bonds. The molecule has 3 aromatic rings. The molecule has 10 heteroatoms.